The second kappa shape index (κ2) is 13.2. The Morgan fingerprint density at radius 1 is 0.409 bits per heavy atom. The number of anilines is 3. The quantitative estimate of drug-likeness (QED) is 0.177. The average molecular weight is 845 g/mol. The van der Waals surface area contributed by atoms with Gasteiger partial charge in [0.2, 0.25) is 0 Å². The first-order chi connectivity index (χ1) is 32.8. The Labute approximate surface area is 380 Å². The standard InChI is InChI=1S/C60H36N4O2/c1-3-18-40-37(15-1)38-16-2-4-19-41(38)55(40)42-20-11-29-53-56(42)60(44-21-13-33-61-58(44)59-45(60)22-14-34-62-59)57-50(26-12-30-54(57)66-53)64-46-23-6-5-17-39(46)43-35-36(31-32-47(43)64)63-48-24-7-9-27-51(48)65-52-28-10-8-25-49(52)63/h1-35,55H. The number of pyridine rings is 2. The van der Waals surface area contributed by atoms with E-state index in [0.717, 1.165) is 101 Å². The monoisotopic (exact) mass is 844 g/mol. The fourth-order valence-corrected chi connectivity index (χ4v) is 12.0. The average Bonchev–Trinajstić information content (AvgIpc) is 3.99. The van der Waals surface area contributed by atoms with Gasteiger partial charge in [-0.3, -0.25) is 9.97 Å². The maximum Gasteiger partial charge on any atom is 0.151 e. The SMILES string of the molecule is c1ccc2c(c1)Oc1ccccc1N2c1ccc2c(c1)c1ccccc1n2-c1cccc2c1C1(c3cccnc3-c3ncccc31)c1c(cccc1C1c3ccccc3-c3ccccc31)O2. The van der Waals surface area contributed by atoms with Crippen LogP contribution in [0.1, 0.15) is 44.9 Å². The maximum absolute atomic E-state index is 7.33. The van der Waals surface area contributed by atoms with Gasteiger partial charge in [0, 0.05) is 45.9 Å². The van der Waals surface area contributed by atoms with Crippen LogP contribution < -0.4 is 14.4 Å². The third-order valence-electron chi connectivity index (χ3n) is 14.4. The molecule has 4 aliphatic rings. The van der Waals surface area contributed by atoms with Crippen LogP contribution in [0.2, 0.25) is 0 Å². The van der Waals surface area contributed by atoms with Gasteiger partial charge in [0.15, 0.2) is 11.5 Å². The number of nitrogens with zero attached hydrogens (tertiary/aromatic N) is 4. The fraction of sp³-hybridized carbons (Fsp3) is 0.0333. The molecule has 0 unspecified atom stereocenters. The summed E-state index contributed by atoms with van der Waals surface area (Å²) >= 11 is 0. The van der Waals surface area contributed by atoms with Gasteiger partial charge in [-0.2, -0.15) is 0 Å². The molecule has 0 atom stereocenters. The van der Waals surface area contributed by atoms with Gasteiger partial charge < -0.3 is 18.9 Å². The van der Waals surface area contributed by atoms with Crippen LogP contribution in [0.25, 0.3) is 50.0 Å². The number of aromatic nitrogens is 3. The number of fused-ring (bicyclic) bond motifs is 17. The third-order valence-corrected chi connectivity index (χ3v) is 14.4. The highest BCUT2D eigenvalue weighted by atomic mass is 16.5. The second-order valence-corrected chi connectivity index (χ2v) is 17.6. The third kappa shape index (κ3) is 4.54. The molecule has 1 spiro atoms. The minimum atomic E-state index is -0.866. The topological polar surface area (TPSA) is 52.4 Å². The van der Waals surface area contributed by atoms with Crippen molar-refractivity contribution in [1.29, 1.82) is 0 Å². The molecular weight excluding hydrogens is 809 g/mol. The lowest BCUT2D eigenvalue weighted by molar-refractivity contribution is 0.433. The summed E-state index contributed by atoms with van der Waals surface area (Å²) in [6.45, 7) is 0. The summed E-state index contributed by atoms with van der Waals surface area (Å²) in [5.41, 5.74) is 17.9. The van der Waals surface area contributed by atoms with Crippen molar-refractivity contribution < 1.29 is 9.47 Å². The van der Waals surface area contributed by atoms with Gasteiger partial charge in [0.25, 0.3) is 0 Å². The van der Waals surface area contributed by atoms with Gasteiger partial charge in [-0.1, -0.05) is 121 Å². The Balaban J connectivity index is 1.04. The van der Waals surface area contributed by atoms with Crippen LogP contribution in [0.5, 0.6) is 23.0 Å². The van der Waals surface area contributed by atoms with E-state index in [4.69, 9.17) is 19.4 Å². The van der Waals surface area contributed by atoms with E-state index in [1.807, 2.05) is 36.7 Å². The van der Waals surface area contributed by atoms with Gasteiger partial charge >= 0.3 is 0 Å². The molecule has 11 aromatic rings. The van der Waals surface area contributed by atoms with Crippen LogP contribution in [0.3, 0.4) is 0 Å². The number of hydrogen-bond donors (Lipinski definition) is 0. The molecular formula is C60H36N4O2. The highest BCUT2D eigenvalue weighted by molar-refractivity contribution is 6.11. The number of hydrogen-bond acceptors (Lipinski definition) is 5. The van der Waals surface area contributed by atoms with E-state index in [9.17, 15) is 0 Å². The number of ether oxygens (including phenoxy) is 2. The Kier molecular flexibility index (Phi) is 7.12. The fourth-order valence-electron chi connectivity index (χ4n) is 12.0. The van der Waals surface area contributed by atoms with E-state index in [2.05, 4.69) is 185 Å². The summed E-state index contributed by atoms with van der Waals surface area (Å²) in [5.74, 6) is 3.25. The van der Waals surface area contributed by atoms with E-state index >= 15 is 0 Å². The second-order valence-electron chi connectivity index (χ2n) is 17.6. The molecule has 15 rings (SSSR count). The van der Waals surface area contributed by atoms with E-state index < -0.39 is 5.41 Å². The van der Waals surface area contributed by atoms with Crippen molar-refractivity contribution in [3.05, 3.63) is 252 Å². The minimum Gasteiger partial charge on any atom is -0.457 e. The van der Waals surface area contributed by atoms with E-state index in [1.165, 1.54) is 27.8 Å². The summed E-state index contributed by atoms with van der Waals surface area (Å²) < 4.78 is 16.2. The lowest BCUT2D eigenvalue weighted by Gasteiger charge is -2.42. The molecule has 66 heavy (non-hydrogen) atoms. The molecule has 0 saturated heterocycles. The largest absolute Gasteiger partial charge is 0.457 e. The van der Waals surface area contributed by atoms with Gasteiger partial charge in [0.05, 0.1) is 44.9 Å². The van der Waals surface area contributed by atoms with Crippen molar-refractivity contribution in [1.82, 2.24) is 14.5 Å². The molecule has 308 valence electrons. The molecule has 0 N–H and O–H groups in total. The first-order valence-electron chi connectivity index (χ1n) is 22.5. The van der Waals surface area contributed by atoms with Gasteiger partial charge in [-0.25, -0.2) is 0 Å². The van der Waals surface area contributed by atoms with Crippen LogP contribution in [-0.4, -0.2) is 14.5 Å². The highest BCUT2D eigenvalue weighted by Gasteiger charge is 2.55. The summed E-state index contributed by atoms with van der Waals surface area (Å²) in [4.78, 5) is 12.6. The molecule has 6 nitrogen and oxygen atoms in total. The zero-order chi connectivity index (χ0) is 43.1. The minimum absolute atomic E-state index is 0.0375. The van der Waals surface area contributed by atoms with Crippen molar-refractivity contribution in [3.8, 4) is 51.2 Å². The predicted molar refractivity (Wildman–Crippen MR) is 261 cm³/mol. The normalized spacial score (nSPS) is 14.3. The van der Waals surface area contributed by atoms with Crippen LogP contribution >= 0.6 is 0 Å². The molecule has 6 heteroatoms. The Hall–Kier alpha value is -8.74. The summed E-state index contributed by atoms with van der Waals surface area (Å²) in [6, 6.07) is 71.9. The van der Waals surface area contributed by atoms with Crippen molar-refractivity contribution in [2.24, 2.45) is 0 Å². The van der Waals surface area contributed by atoms with Crippen LogP contribution in [0.4, 0.5) is 17.1 Å². The summed E-state index contributed by atoms with van der Waals surface area (Å²) in [7, 11) is 0. The van der Waals surface area contributed by atoms with Crippen molar-refractivity contribution >= 4 is 38.9 Å². The molecule has 5 heterocycles. The molecule has 3 aromatic heterocycles. The summed E-state index contributed by atoms with van der Waals surface area (Å²) in [5, 5.41) is 2.30. The van der Waals surface area contributed by atoms with Gasteiger partial charge in [-0.05, 0) is 118 Å². The van der Waals surface area contributed by atoms with Gasteiger partial charge in [0.1, 0.15) is 11.5 Å². The molecule has 0 saturated carbocycles. The zero-order valence-corrected chi connectivity index (χ0v) is 35.4. The smallest absolute Gasteiger partial charge is 0.151 e. The van der Waals surface area contributed by atoms with Crippen LogP contribution in [0, 0.1) is 0 Å². The molecule has 2 aliphatic carbocycles. The van der Waals surface area contributed by atoms with E-state index in [-0.39, 0.29) is 5.92 Å². The Bertz CT molecular complexity index is 3750. The first-order valence-corrected chi connectivity index (χ1v) is 22.5. The maximum atomic E-state index is 7.33. The van der Waals surface area contributed by atoms with Crippen LogP contribution in [-0.2, 0) is 5.41 Å². The lowest BCUT2D eigenvalue weighted by atomic mass is 9.63. The molecule has 0 bridgehead atoms. The Morgan fingerprint density at radius 3 is 1.65 bits per heavy atom. The predicted octanol–water partition coefficient (Wildman–Crippen LogP) is 14.8. The van der Waals surface area contributed by atoms with Crippen LogP contribution in [0.15, 0.2) is 213 Å². The molecule has 0 fully saturated rings. The van der Waals surface area contributed by atoms with Gasteiger partial charge in [-0.15, -0.1) is 0 Å². The van der Waals surface area contributed by atoms with Crippen molar-refractivity contribution in [2.75, 3.05) is 4.90 Å². The highest BCUT2D eigenvalue weighted by Crippen LogP contribution is 2.65. The number of para-hydroxylation sites is 5. The zero-order valence-electron chi connectivity index (χ0n) is 35.4. The number of rotatable bonds is 3. The summed E-state index contributed by atoms with van der Waals surface area (Å²) in [6.07, 6.45) is 3.79. The molecule has 0 amide bonds. The first kappa shape index (κ1) is 35.7. The Morgan fingerprint density at radius 2 is 0.939 bits per heavy atom. The van der Waals surface area contributed by atoms with E-state index in [0.29, 0.717) is 0 Å². The lowest BCUT2D eigenvalue weighted by Crippen LogP contribution is -2.35. The molecule has 8 aromatic carbocycles. The van der Waals surface area contributed by atoms with E-state index in [1.54, 1.807) is 0 Å². The van der Waals surface area contributed by atoms with Crippen molar-refractivity contribution in [2.45, 2.75) is 11.3 Å². The van der Waals surface area contributed by atoms with Crippen molar-refractivity contribution in [3.63, 3.8) is 0 Å². The molecule has 0 radical (unpaired) electrons. The number of benzene rings is 8. The molecule has 2 aliphatic heterocycles.